The van der Waals surface area contributed by atoms with Crippen molar-refractivity contribution in [2.24, 2.45) is 10.2 Å². The lowest BCUT2D eigenvalue weighted by molar-refractivity contribution is 0.863. The number of halogens is 3. The number of hydrogen-bond acceptors (Lipinski definition) is 6. The van der Waals surface area contributed by atoms with Crippen LogP contribution in [-0.2, 0) is 6.54 Å². The first-order chi connectivity index (χ1) is 25.3. The molecule has 274 valence electrons. The number of thiazole rings is 1. The molecule has 0 atom stereocenters. The van der Waals surface area contributed by atoms with Gasteiger partial charge in [0.15, 0.2) is 0 Å². The largest absolute Gasteiger partial charge is 0.256 e. The summed E-state index contributed by atoms with van der Waals surface area (Å²) in [7, 11) is 0. The van der Waals surface area contributed by atoms with Crippen molar-refractivity contribution in [1.82, 2.24) is 15.0 Å². The van der Waals surface area contributed by atoms with Crippen molar-refractivity contribution >= 4 is 83.8 Å². The molecule has 0 unspecified atom stereocenters. The van der Waals surface area contributed by atoms with E-state index in [2.05, 4.69) is 123 Å². The third-order valence-electron chi connectivity index (χ3n) is 8.96. The van der Waals surface area contributed by atoms with E-state index in [4.69, 9.17) is 34.8 Å². The van der Waals surface area contributed by atoms with Gasteiger partial charge >= 0.3 is 0 Å². The fraction of sp³-hybridized carbons (Fsp3) is 0.295. The van der Waals surface area contributed by atoms with E-state index in [0.29, 0.717) is 30.2 Å². The van der Waals surface area contributed by atoms with Crippen LogP contribution in [0.3, 0.4) is 0 Å². The molecule has 8 rings (SSSR count). The third kappa shape index (κ3) is 10.4. The second kappa shape index (κ2) is 18.4. The predicted octanol–water partition coefficient (Wildman–Crippen LogP) is 15.5. The highest BCUT2D eigenvalue weighted by Gasteiger charge is 2.14. The first kappa shape index (κ1) is 40.2. The second-order valence-corrected chi connectivity index (χ2v) is 16.4. The lowest BCUT2D eigenvalue weighted by Crippen LogP contribution is -1.89. The molecule has 0 bridgehead atoms. The smallest absolute Gasteiger partial charge is 0.109 e. The van der Waals surface area contributed by atoms with E-state index in [9.17, 15) is 0 Å². The molecule has 0 amide bonds. The van der Waals surface area contributed by atoms with Gasteiger partial charge in [0.1, 0.15) is 5.69 Å². The molecule has 0 N–H and O–H groups in total. The standard InChI is InChI=1S/C12H12ClN.C12H13N.C10H11ClN2.C10H10ClNS/c1-8(2)10-6-9-4-3-5-14-12(9)11(13)7-10;1-9(2)10-5-6-12-11(8-10)4-3-7-13-12;1-6(2)7-3-8-5-12-13-10(8)9(11)4-7;1-6(2)7-3-8(11)10-9(4-7)13-5-12-10/h3-8H,1-2H3;3-9H,1-2H3;3-4,6H,5H2,1-2H3;3-6H,1-2H3. The van der Waals surface area contributed by atoms with E-state index < -0.39 is 0 Å². The van der Waals surface area contributed by atoms with Crippen molar-refractivity contribution in [2.75, 3.05) is 0 Å². The first-order valence-corrected chi connectivity index (χ1v) is 19.9. The molecule has 1 aliphatic rings. The Morgan fingerprint density at radius 3 is 1.79 bits per heavy atom. The molecular weight excluding hydrogens is 737 g/mol. The summed E-state index contributed by atoms with van der Waals surface area (Å²) in [5, 5.41) is 12.5. The highest BCUT2D eigenvalue weighted by molar-refractivity contribution is 7.16. The van der Waals surface area contributed by atoms with Crippen LogP contribution in [0.15, 0.2) is 107 Å². The number of rotatable bonds is 4. The van der Waals surface area contributed by atoms with Crippen LogP contribution >= 0.6 is 46.1 Å². The minimum atomic E-state index is 0.497. The molecule has 4 heterocycles. The van der Waals surface area contributed by atoms with Gasteiger partial charge in [-0.05, 0) is 101 Å². The molecule has 0 saturated carbocycles. The second-order valence-electron chi connectivity index (χ2n) is 14.3. The molecule has 0 fully saturated rings. The zero-order valence-electron chi connectivity index (χ0n) is 31.5. The number of pyridine rings is 2. The van der Waals surface area contributed by atoms with Gasteiger partial charge in [-0.1, -0.05) is 114 Å². The van der Waals surface area contributed by atoms with Gasteiger partial charge in [0.25, 0.3) is 0 Å². The summed E-state index contributed by atoms with van der Waals surface area (Å²) in [6.45, 7) is 18.0. The van der Waals surface area contributed by atoms with Crippen LogP contribution < -0.4 is 0 Å². The maximum absolute atomic E-state index is 6.14. The van der Waals surface area contributed by atoms with Crippen molar-refractivity contribution in [3.8, 4) is 0 Å². The van der Waals surface area contributed by atoms with Gasteiger partial charge in [-0.15, -0.1) is 11.3 Å². The van der Waals surface area contributed by atoms with Crippen LogP contribution in [0.2, 0.25) is 15.1 Å². The summed E-state index contributed by atoms with van der Waals surface area (Å²) < 4.78 is 1.18. The number of hydrogen-bond donors (Lipinski definition) is 0. The molecule has 3 aromatic heterocycles. The number of fused-ring (bicyclic) bond motifs is 4. The molecule has 7 aromatic rings. The Kier molecular flexibility index (Phi) is 14.0. The highest BCUT2D eigenvalue weighted by Crippen LogP contribution is 2.37. The summed E-state index contributed by atoms with van der Waals surface area (Å²) in [5.41, 5.74) is 11.9. The van der Waals surface area contributed by atoms with Crippen LogP contribution in [0.5, 0.6) is 0 Å². The molecular formula is C44H46Cl3N5S. The molecule has 0 saturated heterocycles. The van der Waals surface area contributed by atoms with Gasteiger partial charge in [0.05, 0.1) is 48.4 Å². The third-order valence-corrected chi connectivity index (χ3v) is 10.6. The number of benzene rings is 4. The van der Waals surface area contributed by atoms with Crippen LogP contribution in [0, 0.1) is 0 Å². The van der Waals surface area contributed by atoms with Gasteiger partial charge in [0.2, 0.25) is 0 Å². The average molecular weight is 783 g/mol. The molecule has 5 nitrogen and oxygen atoms in total. The van der Waals surface area contributed by atoms with Gasteiger partial charge < -0.3 is 0 Å². The summed E-state index contributed by atoms with van der Waals surface area (Å²) in [6, 6.07) is 27.0. The Balaban J connectivity index is 0.000000136. The molecule has 0 spiro atoms. The van der Waals surface area contributed by atoms with Crippen LogP contribution in [0.4, 0.5) is 5.69 Å². The number of nitrogens with zero attached hydrogens (tertiary/aromatic N) is 5. The maximum Gasteiger partial charge on any atom is 0.109 e. The van der Waals surface area contributed by atoms with Crippen molar-refractivity contribution < 1.29 is 0 Å². The zero-order valence-corrected chi connectivity index (χ0v) is 34.6. The fourth-order valence-corrected chi connectivity index (χ4v) is 7.31. The van der Waals surface area contributed by atoms with E-state index in [-0.39, 0.29) is 0 Å². The molecule has 0 aliphatic carbocycles. The summed E-state index contributed by atoms with van der Waals surface area (Å²) in [5.74, 6) is 2.11. The zero-order chi connectivity index (χ0) is 38.2. The van der Waals surface area contributed by atoms with E-state index >= 15 is 0 Å². The minimum Gasteiger partial charge on any atom is -0.256 e. The van der Waals surface area contributed by atoms with Crippen LogP contribution in [-0.4, -0.2) is 15.0 Å². The molecule has 9 heteroatoms. The molecule has 1 aliphatic heterocycles. The molecule has 4 aromatic carbocycles. The van der Waals surface area contributed by atoms with E-state index in [1.165, 1.54) is 32.3 Å². The topological polar surface area (TPSA) is 63.4 Å². The van der Waals surface area contributed by atoms with Crippen LogP contribution in [0.1, 0.15) is 107 Å². The maximum atomic E-state index is 6.14. The number of azo groups is 1. The van der Waals surface area contributed by atoms with E-state index in [0.717, 1.165) is 48.3 Å². The van der Waals surface area contributed by atoms with Gasteiger partial charge in [-0.3, -0.25) is 9.97 Å². The average Bonchev–Trinajstić information content (AvgIpc) is 3.83. The Bertz CT molecular complexity index is 2350. The summed E-state index contributed by atoms with van der Waals surface area (Å²) in [4.78, 5) is 12.7. The summed E-state index contributed by atoms with van der Waals surface area (Å²) in [6.07, 6.45) is 3.60. The predicted molar refractivity (Wildman–Crippen MR) is 229 cm³/mol. The molecule has 53 heavy (non-hydrogen) atoms. The fourth-order valence-electron chi connectivity index (χ4n) is 5.66. The normalized spacial score (nSPS) is 11.8. The minimum absolute atomic E-state index is 0.497. The van der Waals surface area contributed by atoms with Crippen molar-refractivity contribution in [3.63, 3.8) is 0 Å². The van der Waals surface area contributed by atoms with E-state index in [1.807, 2.05) is 48.1 Å². The quantitative estimate of drug-likeness (QED) is 0.179. The highest BCUT2D eigenvalue weighted by atomic mass is 35.5. The van der Waals surface area contributed by atoms with Gasteiger partial charge in [-0.25, -0.2) is 4.98 Å². The molecule has 0 radical (unpaired) electrons. The Morgan fingerprint density at radius 1 is 0.547 bits per heavy atom. The Hall–Kier alpha value is -3.94. The number of aromatic nitrogens is 3. The Morgan fingerprint density at radius 2 is 1.11 bits per heavy atom. The first-order valence-electron chi connectivity index (χ1n) is 17.9. The van der Waals surface area contributed by atoms with Crippen molar-refractivity contribution in [3.05, 3.63) is 140 Å². The monoisotopic (exact) mass is 781 g/mol. The van der Waals surface area contributed by atoms with Crippen molar-refractivity contribution in [2.45, 2.75) is 85.6 Å². The lowest BCUT2D eigenvalue weighted by atomic mass is 10.00. The lowest BCUT2D eigenvalue weighted by Gasteiger charge is -2.07. The van der Waals surface area contributed by atoms with E-state index in [1.54, 1.807) is 17.5 Å². The van der Waals surface area contributed by atoms with Gasteiger partial charge in [-0.2, -0.15) is 10.2 Å². The summed E-state index contributed by atoms with van der Waals surface area (Å²) >= 11 is 19.9. The Labute approximate surface area is 332 Å². The van der Waals surface area contributed by atoms with Crippen LogP contribution in [0.25, 0.3) is 32.0 Å². The van der Waals surface area contributed by atoms with Gasteiger partial charge in [0, 0.05) is 28.7 Å². The SMILES string of the molecule is CC(C)c1cc(Cl)c2c(c1)CN=N2.CC(C)c1cc(Cl)c2ncccc2c1.CC(C)c1cc(Cl)c2ncsc2c1.CC(C)c1ccc2ncccc2c1. The van der Waals surface area contributed by atoms with Crippen molar-refractivity contribution in [1.29, 1.82) is 0 Å².